The van der Waals surface area contributed by atoms with Crippen LogP contribution in [0.1, 0.15) is 49.7 Å². The molecule has 7 atom stereocenters. The van der Waals surface area contributed by atoms with Gasteiger partial charge < -0.3 is 10.2 Å². The number of nitrogens with zero attached hydrogens (tertiary/aromatic N) is 1. The second-order valence-corrected chi connectivity index (χ2v) is 8.39. The summed E-state index contributed by atoms with van der Waals surface area (Å²) in [6.45, 7) is 2.12. The van der Waals surface area contributed by atoms with Crippen LogP contribution in [-0.4, -0.2) is 22.5 Å². The molecule has 3 nitrogen and oxygen atoms in total. The van der Waals surface area contributed by atoms with Crippen molar-refractivity contribution in [1.29, 1.82) is 5.26 Å². The van der Waals surface area contributed by atoms with Crippen molar-refractivity contribution in [1.82, 2.24) is 0 Å². The lowest BCUT2D eigenvalue weighted by molar-refractivity contribution is -0.0229. The van der Waals surface area contributed by atoms with Crippen LogP contribution < -0.4 is 0 Å². The van der Waals surface area contributed by atoms with E-state index in [9.17, 15) is 15.5 Å². The highest BCUT2D eigenvalue weighted by molar-refractivity contribution is 5.41. The number of fused-ring (bicyclic) bond motifs is 5. The molecule has 2 N–H and O–H groups in total. The molecule has 3 aliphatic carbocycles. The highest BCUT2D eigenvalue weighted by Gasteiger charge is 2.58. The Balaban J connectivity index is 1.82. The van der Waals surface area contributed by atoms with Gasteiger partial charge in [-0.15, -0.1) is 0 Å². The lowest BCUT2D eigenvalue weighted by atomic mass is 9.52. The fourth-order valence-corrected chi connectivity index (χ4v) is 6.13. The van der Waals surface area contributed by atoms with Crippen LogP contribution >= 0.6 is 0 Å². The Morgan fingerprint density at radius 1 is 1.38 bits per heavy atom. The fourth-order valence-electron chi connectivity index (χ4n) is 6.13. The van der Waals surface area contributed by atoms with Gasteiger partial charge in [0, 0.05) is 12.3 Å². The molecule has 2 saturated carbocycles. The van der Waals surface area contributed by atoms with Crippen LogP contribution in [0.5, 0.6) is 5.75 Å². The smallest absolute Gasteiger partial charge is 0.115 e. The summed E-state index contributed by atoms with van der Waals surface area (Å²) in [5.41, 5.74) is 1.83. The van der Waals surface area contributed by atoms with Crippen molar-refractivity contribution in [2.45, 2.75) is 57.2 Å². The van der Waals surface area contributed by atoms with Gasteiger partial charge in [-0.2, -0.15) is 5.26 Å². The van der Waals surface area contributed by atoms with Crippen LogP contribution in [0.25, 0.3) is 0 Å². The van der Waals surface area contributed by atoms with E-state index in [1.807, 2.05) is 6.07 Å². The Labute approximate surface area is 142 Å². The highest BCUT2D eigenvalue weighted by atomic mass is 19.1. The summed E-state index contributed by atoms with van der Waals surface area (Å²) < 4.78 is 15.3. The van der Waals surface area contributed by atoms with Gasteiger partial charge in [0.1, 0.15) is 11.9 Å². The van der Waals surface area contributed by atoms with Crippen molar-refractivity contribution >= 4 is 0 Å². The molecule has 128 valence electrons. The zero-order valence-corrected chi connectivity index (χ0v) is 14.0. The van der Waals surface area contributed by atoms with Crippen molar-refractivity contribution in [3.05, 3.63) is 29.3 Å². The number of benzene rings is 1. The molecule has 1 aromatic rings. The van der Waals surface area contributed by atoms with Crippen LogP contribution in [0.3, 0.4) is 0 Å². The Morgan fingerprint density at radius 2 is 2.17 bits per heavy atom. The third-order valence-electron chi connectivity index (χ3n) is 6.92. The van der Waals surface area contributed by atoms with Crippen molar-refractivity contribution in [3.63, 3.8) is 0 Å². The summed E-state index contributed by atoms with van der Waals surface area (Å²) in [5.74, 6) is 0.464. The first kappa shape index (κ1) is 15.9. The molecule has 0 unspecified atom stereocenters. The molecule has 0 bridgehead atoms. The number of rotatable bonds is 1. The lowest BCUT2D eigenvalue weighted by Crippen LogP contribution is -2.48. The molecule has 0 radical (unpaired) electrons. The summed E-state index contributed by atoms with van der Waals surface area (Å²) in [4.78, 5) is 0. The van der Waals surface area contributed by atoms with E-state index in [4.69, 9.17) is 0 Å². The highest BCUT2D eigenvalue weighted by Crippen LogP contribution is 2.63. The van der Waals surface area contributed by atoms with Crippen molar-refractivity contribution in [2.24, 2.45) is 23.2 Å². The molecule has 0 aliphatic heterocycles. The predicted octanol–water partition coefficient (Wildman–Crippen LogP) is 3.70. The first-order valence-corrected chi connectivity index (χ1v) is 8.94. The van der Waals surface area contributed by atoms with Gasteiger partial charge in [-0.1, -0.05) is 13.0 Å². The number of hydrogen-bond donors (Lipinski definition) is 2. The summed E-state index contributed by atoms with van der Waals surface area (Å²) in [7, 11) is 0. The van der Waals surface area contributed by atoms with E-state index in [1.165, 1.54) is 0 Å². The lowest BCUT2D eigenvalue weighted by Gasteiger charge is -2.53. The minimum Gasteiger partial charge on any atom is -0.508 e. The summed E-state index contributed by atoms with van der Waals surface area (Å²) in [6.07, 6.45) is 1.69. The van der Waals surface area contributed by atoms with E-state index in [2.05, 4.69) is 13.0 Å². The van der Waals surface area contributed by atoms with E-state index >= 15 is 4.39 Å². The molecule has 4 rings (SSSR count). The third-order valence-corrected chi connectivity index (χ3v) is 6.92. The Morgan fingerprint density at radius 3 is 2.92 bits per heavy atom. The first-order valence-electron chi connectivity index (χ1n) is 8.94. The van der Waals surface area contributed by atoms with E-state index in [-0.39, 0.29) is 40.9 Å². The number of nitriles is 1. The van der Waals surface area contributed by atoms with E-state index < -0.39 is 6.17 Å². The zero-order valence-electron chi connectivity index (χ0n) is 14.0. The number of phenolic OH excluding ortho intramolecular Hbond substituents is 1. The molecule has 24 heavy (non-hydrogen) atoms. The van der Waals surface area contributed by atoms with E-state index in [1.54, 1.807) is 12.1 Å². The number of aliphatic hydroxyl groups excluding tert-OH is 1. The maximum Gasteiger partial charge on any atom is 0.115 e. The Bertz CT molecular complexity index is 699. The van der Waals surface area contributed by atoms with Gasteiger partial charge in [0.2, 0.25) is 0 Å². The largest absolute Gasteiger partial charge is 0.508 e. The summed E-state index contributed by atoms with van der Waals surface area (Å²) >= 11 is 0. The maximum absolute atomic E-state index is 15.3. The fraction of sp³-hybridized carbons (Fsp3) is 0.650. The molecule has 3 aliphatic rings. The second kappa shape index (κ2) is 5.46. The van der Waals surface area contributed by atoms with Gasteiger partial charge >= 0.3 is 0 Å². The Kier molecular flexibility index (Phi) is 3.61. The molecule has 0 spiro atoms. The van der Waals surface area contributed by atoms with Gasteiger partial charge in [0.05, 0.1) is 12.2 Å². The second-order valence-electron chi connectivity index (χ2n) is 8.39. The number of phenols is 1. The quantitative estimate of drug-likeness (QED) is 0.826. The number of alkyl halides is 1. The molecular weight excluding hydrogens is 305 g/mol. The number of hydrogen-bond acceptors (Lipinski definition) is 3. The molecule has 4 heteroatoms. The van der Waals surface area contributed by atoms with Crippen molar-refractivity contribution in [2.75, 3.05) is 0 Å². The predicted molar refractivity (Wildman–Crippen MR) is 88.1 cm³/mol. The Hall–Kier alpha value is -1.60. The van der Waals surface area contributed by atoms with Crippen LogP contribution in [0.4, 0.5) is 4.39 Å². The minimum absolute atomic E-state index is 0.0995. The van der Waals surface area contributed by atoms with Crippen molar-refractivity contribution < 1.29 is 14.6 Å². The average Bonchev–Trinajstić information content (AvgIpc) is 2.80. The minimum atomic E-state index is -0.952. The molecule has 0 heterocycles. The van der Waals surface area contributed by atoms with Crippen LogP contribution in [0.2, 0.25) is 0 Å². The van der Waals surface area contributed by atoms with Gasteiger partial charge in [0.15, 0.2) is 0 Å². The maximum atomic E-state index is 15.3. The van der Waals surface area contributed by atoms with Gasteiger partial charge in [-0.25, -0.2) is 4.39 Å². The summed E-state index contributed by atoms with van der Waals surface area (Å²) in [6, 6.07) is 7.53. The van der Waals surface area contributed by atoms with Gasteiger partial charge in [-0.05, 0) is 72.1 Å². The van der Waals surface area contributed by atoms with Crippen molar-refractivity contribution in [3.8, 4) is 11.8 Å². The topological polar surface area (TPSA) is 64.2 Å². The molecular formula is C20H24FNO2. The van der Waals surface area contributed by atoms with Crippen LogP contribution in [0.15, 0.2) is 18.2 Å². The van der Waals surface area contributed by atoms with E-state index in [0.717, 1.165) is 17.5 Å². The average molecular weight is 329 g/mol. The molecule has 0 aromatic heterocycles. The SMILES string of the molecule is C[C@@]12C[C@H](O)C[C@H]1[C@@H]1[C@H](CC#N)Cc3cc(O)ccc3[C@H]1[C@@H](F)C2. The third kappa shape index (κ3) is 2.25. The number of halogens is 1. The standard InChI is InChI=1S/C20H24FNO2/c1-20-9-14(24)8-16(20)18-11(4-5-22)6-12-7-13(23)2-3-15(12)19(18)17(21)10-20/h2-3,7,11,14,16-19,23-24H,4,6,8-10H2,1H3/t11-,14-,16+,17+,18+,19+,20+/m1/s1. The summed E-state index contributed by atoms with van der Waals surface area (Å²) in [5, 5.41) is 29.3. The zero-order chi connectivity index (χ0) is 17.1. The molecule has 0 amide bonds. The first-order chi connectivity index (χ1) is 11.4. The number of aliphatic hydroxyl groups is 1. The molecule has 2 fully saturated rings. The molecule has 1 aromatic carbocycles. The normalized spacial score (nSPS) is 43.4. The number of aromatic hydroxyl groups is 1. The van der Waals surface area contributed by atoms with Gasteiger partial charge in [0.25, 0.3) is 0 Å². The van der Waals surface area contributed by atoms with Crippen LogP contribution in [-0.2, 0) is 6.42 Å². The van der Waals surface area contributed by atoms with Gasteiger partial charge in [-0.3, -0.25) is 0 Å². The molecule has 0 saturated heterocycles. The van der Waals surface area contributed by atoms with E-state index in [0.29, 0.717) is 25.7 Å². The monoisotopic (exact) mass is 329 g/mol. The van der Waals surface area contributed by atoms with Crippen LogP contribution in [0, 0.1) is 34.5 Å².